The van der Waals surface area contributed by atoms with Crippen LogP contribution in [-0.4, -0.2) is 72.5 Å². The molecular formula is C21H24FN5O3. The number of anilines is 2. The van der Waals surface area contributed by atoms with E-state index in [-0.39, 0.29) is 24.2 Å². The maximum Gasteiger partial charge on any atom is 0.273 e. The molecule has 9 heteroatoms. The van der Waals surface area contributed by atoms with E-state index < -0.39 is 0 Å². The van der Waals surface area contributed by atoms with Crippen LogP contribution in [0, 0.1) is 5.82 Å². The summed E-state index contributed by atoms with van der Waals surface area (Å²) in [5.41, 5.74) is 1.63. The van der Waals surface area contributed by atoms with Crippen LogP contribution in [0.3, 0.4) is 0 Å². The maximum absolute atomic E-state index is 13.4. The standard InChI is InChI=1S/C21H24FN5O3/c22-16-2-1-3-17(12-16)24-18-5-4-15-13-27(21(29)20(15)25-18)14-19(28)23-6-7-26-8-10-30-11-9-26/h1-5,12H,6-11,13-14H2,(H,23,28)(H,24,25). The number of aromatic nitrogens is 1. The second-order valence-corrected chi connectivity index (χ2v) is 7.30. The highest BCUT2D eigenvalue weighted by molar-refractivity contribution is 5.99. The van der Waals surface area contributed by atoms with Gasteiger partial charge in [0.2, 0.25) is 5.91 Å². The highest BCUT2D eigenvalue weighted by Gasteiger charge is 2.30. The number of carbonyl (C=O) groups excluding carboxylic acids is 2. The van der Waals surface area contributed by atoms with E-state index in [4.69, 9.17) is 4.74 Å². The molecule has 2 aromatic rings. The van der Waals surface area contributed by atoms with Gasteiger partial charge in [0.1, 0.15) is 23.9 Å². The number of rotatable bonds is 7. The summed E-state index contributed by atoms with van der Waals surface area (Å²) in [6, 6.07) is 9.56. The van der Waals surface area contributed by atoms with Crippen LogP contribution in [-0.2, 0) is 16.1 Å². The Kier molecular flexibility index (Phi) is 6.20. The summed E-state index contributed by atoms with van der Waals surface area (Å²) in [5.74, 6) is -0.383. The molecule has 0 unspecified atom stereocenters. The van der Waals surface area contributed by atoms with Crippen LogP contribution in [0.5, 0.6) is 0 Å². The molecule has 2 N–H and O–H groups in total. The van der Waals surface area contributed by atoms with Crippen molar-refractivity contribution in [3.05, 3.63) is 53.5 Å². The Labute approximate surface area is 174 Å². The molecule has 2 aliphatic heterocycles. The third kappa shape index (κ3) is 4.92. The van der Waals surface area contributed by atoms with Crippen LogP contribution in [0.4, 0.5) is 15.9 Å². The molecule has 3 heterocycles. The van der Waals surface area contributed by atoms with E-state index >= 15 is 0 Å². The van der Waals surface area contributed by atoms with Gasteiger partial charge < -0.3 is 20.3 Å². The fourth-order valence-electron chi connectivity index (χ4n) is 3.55. The quantitative estimate of drug-likeness (QED) is 0.713. The van der Waals surface area contributed by atoms with Gasteiger partial charge in [-0.2, -0.15) is 0 Å². The number of benzene rings is 1. The molecule has 2 aliphatic rings. The molecule has 2 amide bonds. The number of nitrogens with one attached hydrogen (secondary N) is 2. The lowest BCUT2D eigenvalue weighted by atomic mass is 10.2. The van der Waals surface area contributed by atoms with Gasteiger partial charge >= 0.3 is 0 Å². The summed E-state index contributed by atoms with van der Waals surface area (Å²) in [6.07, 6.45) is 0. The number of hydrogen-bond donors (Lipinski definition) is 2. The second-order valence-electron chi connectivity index (χ2n) is 7.30. The van der Waals surface area contributed by atoms with Gasteiger partial charge in [0.05, 0.1) is 13.2 Å². The second kappa shape index (κ2) is 9.19. The number of halogens is 1. The van der Waals surface area contributed by atoms with Gasteiger partial charge in [-0.25, -0.2) is 9.37 Å². The van der Waals surface area contributed by atoms with Gasteiger partial charge in [-0.15, -0.1) is 0 Å². The molecule has 0 aliphatic carbocycles. The number of carbonyl (C=O) groups is 2. The van der Waals surface area contributed by atoms with Gasteiger partial charge in [-0.05, 0) is 24.3 Å². The molecular weight excluding hydrogens is 389 g/mol. The van der Waals surface area contributed by atoms with E-state index in [2.05, 4.69) is 20.5 Å². The number of nitrogens with zero attached hydrogens (tertiary/aromatic N) is 3. The van der Waals surface area contributed by atoms with Crippen molar-refractivity contribution < 1.29 is 18.7 Å². The van der Waals surface area contributed by atoms with Gasteiger partial charge in [0, 0.05) is 44.0 Å². The number of ether oxygens (including phenoxy) is 1. The molecule has 4 rings (SSSR count). The summed E-state index contributed by atoms with van der Waals surface area (Å²) in [5, 5.41) is 5.86. The maximum atomic E-state index is 13.4. The molecule has 30 heavy (non-hydrogen) atoms. The van der Waals surface area contributed by atoms with Crippen molar-refractivity contribution in [2.75, 3.05) is 51.3 Å². The van der Waals surface area contributed by atoms with Gasteiger partial charge in [-0.1, -0.05) is 12.1 Å². The molecule has 158 valence electrons. The smallest absolute Gasteiger partial charge is 0.273 e. The average molecular weight is 413 g/mol. The fraction of sp³-hybridized carbons (Fsp3) is 0.381. The molecule has 0 atom stereocenters. The SMILES string of the molecule is O=C(CN1Cc2ccc(Nc3cccc(F)c3)nc2C1=O)NCCN1CCOCC1. The number of amides is 2. The Morgan fingerprint density at radius 3 is 2.83 bits per heavy atom. The van der Waals surface area contributed by atoms with Crippen LogP contribution in [0.15, 0.2) is 36.4 Å². The number of pyridine rings is 1. The van der Waals surface area contributed by atoms with Gasteiger partial charge in [0.15, 0.2) is 0 Å². The highest BCUT2D eigenvalue weighted by atomic mass is 19.1. The van der Waals surface area contributed by atoms with Crippen molar-refractivity contribution in [3.8, 4) is 0 Å². The molecule has 1 fully saturated rings. The lowest BCUT2D eigenvalue weighted by Crippen LogP contribution is -2.43. The summed E-state index contributed by atoms with van der Waals surface area (Å²) in [7, 11) is 0. The Hall–Kier alpha value is -3.04. The molecule has 0 radical (unpaired) electrons. The van der Waals surface area contributed by atoms with E-state index in [0.717, 1.165) is 38.4 Å². The van der Waals surface area contributed by atoms with Crippen LogP contribution in [0.25, 0.3) is 0 Å². The first-order chi connectivity index (χ1) is 14.6. The zero-order valence-corrected chi connectivity index (χ0v) is 16.6. The van der Waals surface area contributed by atoms with E-state index in [1.807, 2.05) is 0 Å². The summed E-state index contributed by atoms with van der Waals surface area (Å²) in [6.45, 7) is 4.81. The minimum atomic E-state index is -0.358. The Morgan fingerprint density at radius 1 is 1.20 bits per heavy atom. The first-order valence-electron chi connectivity index (χ1n) is 9.97. The molecule has 0 spiro atoms. The third-order valence-corrected chi connectivity index (χ3v) is 5.12. The minimum Gasteiger partial charge on any atom is -0.379 e. The first kappa shape index (κ1) is 20.2. The largest absolute Gasteiger partial charge is 0.379 e. The van der Waals surface area contributed by atoms with E-state index in [9.17, 15) is 14.0 Å². The van der Waals surface area contributed by atoms with Crippen molar-refractivity contribution in [3.63, 3.8) is 0 Å². The van der Waals surface area contributed by atoms with E-state index in [1.54, 1.807) is 24.3 Å². The van der Waals surface area contributed by atoms with Crippen LogP contribution < -0.4 is 10.6 Å². The predicted molar refractivity (Wildman–Crippen MR) is 109 cm³/mol. The number of fused-ring (bicyclic) bond motifs is 1. The molecule has 0 bridgehead atoms. The zero-order chi connectivity index (χ0) is 20.9. The average Bonchev–Trinajstić information content (AvgIpc) is 3.04. The monoisotopic (exact) mass is 413 g/mol. The van der Waals surface area contributed by atoms with Crippen LogP contribution in [0.2, 0.25) is 0 Å². The van der Waals surface area contributed by atoms with Crippen molar-refractivity contribution >= 4 is 23.3 Å². The Morgan fingerprint density at radius 2 is 2.03 bits per heavy atom. The summed E-state index contributed by atoms with van der Waals surface area (Å²) in [4.78, 5) is 33.0. The first-order valence-corrected chi connectivity index (χ1v) is 9.97. The third-order valence-electron chi connectivity index (χ3n) is 5.12. The van der Waals surface area contributed by atoms with Crippen molar-refractivity contribution in [1.29, 1.82) is 0 Å². The van der Waals surface area contributed by atoms with E-state index in [1.165, 1.54) is 17.0 Å². The fourth-order valence-corrected chi connectivity index (χ4v) is 3.55. The minimum absolute atomic E-state index is 0.00897. The zero-order valence-electron chi connectivity index (χ0n) is 16.6. The van der Waals surface area contributed by atoms with Crippen molar-refractivity contribution in [2.45, 2.75) is 6.54 Å². The summed E-state index contributed by atoms with van der Waals surface area (Å²) < 4.78 is 18.7. The van der Waals surface area contributed by atoms with Gasteiger partial charge in [-0.3, -0.25) is 14.5 Å². The lowest BCUT2D eigenvalue weighted by molar-refractivity contribution is -0.121. The molecule has 1 aromatic carbocycles. The molecule has 0 saturated carbocycles. The molecule has 1 aromatic heterocycles. The highest BCUT2D eigenvalue weighted by Crippen LogP contribution is 2.24. The lowest BCUT2D eigenvalue weighted by Gasteiger charge is -2.26. The number of hydrogen-bond acceptors (Lipinski definition) is 6. The molecule has 8 nitrogen and oxygen atoms in total. The normalized spacial score (nSPS) is 16.4. The Balaban J connectivity index is 1.30. The summed E-state index contributed by atoms with van der Waals surface area (Å²) >= 11 is 0. The van der Waals surface area contributed by atoms with E-state index in [0.29, 0.717) is 30.3 Å². The van der Waals surface area contributed by atoms with Crippen LogP contribution >= 0.6 is 0 Å². The Bertz CT molecular complexity index is 933. The number of morpholine rings is 1. The van der Waals surface area contributed by atoms with Gasteiger partial charge in [0.25, 0.3) is 5.91 Å². The van der Waals surface area contributed by atoms with Crippen LogP contribution in [0.1, 0.15) is 16.1 Å². The van der Waals surface area contributed by atoms with Crippen molar-refractivity contribution in [1.82, 2.24) is 20.1 Å². The topological polar surface area (TPSA) is 86.8 Å². The van der Waals surface area contributed by atoms with Crippen molar-refractivity contribution in [2.24, 2.45) is 0 Å². The molecule has 1 saturated heterocycles. The predicted octanol–water partition coefficient (Wildman–Crippen LogP) is 1.37.